The van der Waals surface area contributed by atoms with Gasteiger partial charge in [-0.1, -0.05) is 23.9 Å². The van der Waals surface area contributed by atoms with E-state index in [1.54, 1.807) is 6.92 Å². The van der Waals surface area contributed by atoms with Crippen molar-refractivity contribution in [3.8, 4) is 0 Å². The molecule has 0 fully saturated rings. The number of hydrogen-bond acceptors (Lipinski definition) is 6. The second-order valence-corrected chi connectivity index (χ2v) is 8.83. The van der Waals surface area contributed by atoms with Gasteiger partial charge in [0.2, 0.25) is 5.91 Å². The Morgan fingerprint density at radius 1 is 1.06 bits per heavy atom. The molecular formula is C25H29N3O3S. The van der Waals surface area contributed by atoms with Crippen LogP contribution in [0.4, 0.5) is 17.1 Å². The summed E-state index contributed by atoms with van der Waals surface area (Å²) in [6.45, 7) is 10.1. The number of thioether (sulfide) groups is 1. The molecule has 7 heteroatoms. The number of hydrogen-bond donors (Lipinski definition) is 2. The normalized spacial score (nSPS) is 12.7. The van der Waals surface area contributed by atoms with Crippen molar-refractivity contribution in [3.63, 3.8) is 0 Å². The fraction of sp³-hybridized carbons (Fsp3) is 0.320. The molecule has 3 rings (SSSR count). The van der Waals surface area contributed by atoms with Gasteiger partial charge in [-0.25, -0.2) is 4.99 Å². The first-order valence-electron chi connectivity index (χ1n) is 10.6. The van der Waals surface area contributed by atoms with E-state index < -0.39 is 0 Å². The summed E-state index contributed by atoms with van der Waals surface area (Å²) in [6, 6.07) is 10.0. The Labute approximate surface area is 193 Å². The van der Waals surface area contributed by atoms with Crippen LogP contribution in [0, 0.1) is 27.7 Å². The van der Waals surface area contributed by atoms with Gasteiger partial charge in [-0.05, 0) is 81.1 Å². The third-order valence-corrected chi connectivity index (χ3v) is 6.01. The Hall–Kier alpha value is -3.06. The molecule has 0 saturated carbocycles. The molecule has 1 amide bonds. The molecule has 2 N–H and O–H groups in total. The van der Waals surface area contributed by atoms with Crippen LogP contribution >= 0.6 is 11.8 Å². The van der Waals surface area contributed by atoms with Crippen LogP contribution in [0.5, 0.6) is 0 Å². The van der Waals surface area contributed by atoms with Crippen molar-refractivity contribution in [2.24, 2.45) is 4.99 Å². The van der Waals surface area contributed by atoms with Crippen LogP contribution in [0.1, 0.15) is 35.6 Å². The highest BCUT2D eigenvalue weighted by atomic mass is 32.2. The van der Waals surface area contributed by atoms with Gasteiger partial charge in [0.1, 0.15) is 0 Å². The lowest BCUT2D eigenvalue weighted by Crippen LogP contribution is -2.16. The van der Waals surface area contributed by atoms with E-state index in [2.05, 4.69) is 10.6 Å². The minimum Gasteiger partial charge on any atom is -0.466 e. The van der Waals surface area contributed by atoms with Crippen molar-refractivity contribution in [1.82, 2.24) is 0 Å². The van der Waals surface area contributed by atoms with E-state index in [1.807, 2.05) is 64.1 Å². The lowest BCUT2D eigenvalue weighted by Gasteiger charge is -2.12. The van der Waals surface area contributed by atoms with Gasteiger partial charge < -0.3 is 15.4 Å². The number of benzene rings is 2. The standard InChI is InChI=1S/C25H29N3O3S/c1-6-31-25(30)13-19-12-24(28-22-11-18(5)17(4)10-21(22)26-19)32-14-23(29)27-20-9-15(2)7-8-16(20)3/h7-12,26H,6,13-14H2,1-5H3,(H,27,29). The fourth-order valence-corrected chi connectivity index (χ4v) is 3.98. The number of carbonyl (C=O) groups is 2. The number of anilines is 2. The number of aryl methyl sites for hydroxylation is 4. The molecule has 2 aromatic rings. The lowest BCUT2D eigenvalue weighted by atomic mass is 10.1. The van der Waals surface area contributed by atoms with Crippen LogP contribution < -0.4 is 10.6 Å². The van der Waals surface area contributed by atoms with Crippen molar-refractivity contribution in [1.29, 1.82) is 0 Å². The minimum atomic E-state index is -0.310. The van der Waals surface area contributed by atoms with E-state index in [1.165, 1.54) is 11.8 Å². The van der Waals surface area contributed by atoms with Crippen molar-refractivity contribution in [3.05, 3.63) is 64.4 Å². The second kappa shape index (κ2) is 10.5. The molecule has 6 nitrogen and oxygen atoms in total. The van der Waals surface area contributed by atoms with Gasteiger partial charge in [0.05, 0.1) is 35.2 Å². The van der Waals surface area contributed by atoms with Crippen molar-refractivity contribution in [2.75, 3.05) is 23.0 Å². The highest BCUT2D eigenvalue weighted by molar-refractivity contribution is 8.14. The number of rotatable bonds is 6. The monoisotopic (exact) mass is 451 g/mol. The first kappa shape index (κ1) is 23.6. The summed E-state index contributed by atoms with van der Waals surface area (Å²) in [6.07, 6.45) is 1.92. The third kappa shape index (κ3) is 6.23. The molecule has 0 aliphatic carbocycles. The van der Waals surface area contributed by atoms with Crippen LogP contribution in [0.3, 0.4) is 0 Å². The van der Waals surface area contributed by atoms with Crippen LogP contribution in [-0.2, 0) is 14.3 Å². The van der Waals surface area contributed by atoms with E-state index in [-0.39, 0.29) is 24.1 Å². The molecule has 0 spiro atoms. The number of esters is 1. The van der Waals surface area contributed by atoms with Gasteiger partial charge in [-0.2, -0.15) is 0 Å². The summed E-state index contributed by atoms with van der Waals surface area (Å²) in [5, 5.41) is 6.96. The smallest absolute Gasteiger partial charge is 0.311 e. The van der Waals surface area contributed by atoms with Crippen molar-refractivity contribution in [2.45, 2.75) is 41.0 Å². The maximum Gasteiger partial charge on any atom is 0.311 e. The number of ether oxygens (including phenoxy) is 1. The van der Waals surface area contributed by atoms with Gasteiger partial charge >= 0.3 is 5.97 Å². The maximum atomic E-state index is 12.6. The van der Waals surface area contributed by atoms with Crippen molar-refractivity contribution >= 4 is 45.7 Å². The molecule has 0 atom stereocenters. The first-order chi connectivity index (χ1) is 15.2. The summed E-state index contributed by atoms with van der Waals surface area (Å²) in [5.74, 6) is -0.213. The molecule has 0 unspecified atom stereocenters. The summed E-state index contributed by atoms with van der Waals surface area (Å²) in [7, 11) is 0. The molecule has 168 valence electrons. The van der Waals surface area contributed by atoms with E-state index in [0.717, 1.165) is 39.3 Å². The van der Waals surface area contributed by atoms with Crippen LogP contribution in [0.2, 0.25) is 0 Å². The first-order valence-corrected chi connectivity index (χ1v) is 11.6. The molecule has 0 saturated heterocycles. The van der Waals surface area contributed by atoms with Crippen LogP contribution in [0.25, 0.3) is 0 Å². The predicted molar refractivity (Wildman–Crippen MR) is 133 cm³/mol. The average Bonchev–Trinajstić information content (AvgIpc) is 2.88. The van der Waals surface area contributed by atoms with E-state index in [0.29, 0.717) is 17.3 Å². The highest BCUT2D eigenvalue weighted by Crippen LogP contribution is 2.34. The zero-order chi connectivity index (χ0) is 23.3. The summed E-state index contributed by atoms with van der Waals surface area (Å²) in [4.78, 5) is 29.4. The summed E-state index contributed by atoms with van der Waals surface area (Å²) < 4.78 is 5.11. The minimum absolute atomic E-state index is 0.106. The molecule has 0 bridgehead atoms. The number of nitrogens with zero attached hydrogens (tertiary/aromatic N) is 1. The molecule has 2 aromatic carbocycles. The number of fused-ring (bicyclic) bond motifs is 1. The fourth-order valence-electron chi connectivity index (χ4n) is 3.24. The number of amides is 1. The topological polar surface area (TPSA) is 79.8 Å². The average molecular weight is 452 g/mol. The maximum absolute atomic E-state index is 12.6. The predicted octanol–water partition coefficient (Wildman–Crippen LogP) is 5.58. The molecule has 32 heavy (non-hydrogen) atoms. The molecule has 1 aliphatic rings. The van der Waals surface area contributed by atoms with Crippen LogP contribution in [0.15, 0.2) is 47.1 Å². The van der Waals surface area contributed by atoms with Crippen molar-refractivity contribution < 1.29 is 14.3 Å². The van der Waals surface area contributed by atoms with Gasteiger partial charge in [0.15, 0.2) is 0 Å². The van der Waals surface area contributed by atoms with Crippen LogP contribution in [-0.4, -0.2) is 29.3 Å². The molecule has 0 radical (unpaired) electrons. The zero-order valence-corrected chi connectivity index (χ0v) is 20.0. The van der Waals surface area contributed by atoms with E-state index in [4.69, 9.17) is 9.73 Å². The Morgan fingerprint density at radius 3 is 2.56 bits per heavy atom. The summed E-state index contributed by atoms with van der Waals surface area (Å²) in [5.41, 5.74) is 7.47. The summed E-state index contributed by atoms with van der Waals surface area (Å²) >= 11 is 1.34. The van der Waals surface area contributed by atoms with Gasteiger partial charge in [-0.3, -0.25) is 9.59 Å². The Balaban J connectivity index is 1.79. The van der Waals surface area contributed by atoms with Gasteiger partial charge in [0, 0.05) is 11.4 Å². The SMILES string of the molecule is CCOC(=O)CC1=CC(SCC(=O)Nc2cc(C)ccc2C)=Nc2cc(C)c(C)cc2N1. The second-order valence-electron chi connectivity index (χ2n) is 7.84. The number of carbonyl (C=O) groups excluding carboxylic acids is 2. The Kier molecular flexibility index (Phi) is 7.75. The number of aliphatic imine (C=N–C) groups is 1. The van der Waals surface area contributed by atoms with Gasteiger partial charge in [-0.15, -0.1) is 0 Å². The Bertz CT molecular complexity index is 1110. The molecular weight excluding hydrogens is 422 g/mol. The van der Waals surface area contributed by atoms with E-state index in [9.17, 15) is 9.59 Å². The third-order valence-electron chi connectivity index (χ3n) is 5.09. The van der Waals surface area contributed by atoms with E-state index >= 15 is 0 Å². The highest BCUT2D eigenvalue weighted by Gasteiger charge is 2.17. The zero-order valence-electron chi connectivity index (χ0n) is 19.2. The molecule has 1 aliphatic heterocycles. The quantitative estimate of drug-likeness (QED) is 0.560. The Morgan fingerprint density at radius 2 is 1.81 bits per heavy atom. The lowest BCUT2D eigenvalue weighted by molar-refractivity contribution is -0.142. The number of nitrogens with one attached hydrogen (secondary N) is 2. The largest absolute Gasteiger partial charge is 0.466 e. The van der Waals surface area contributed by atoms with Gasteiger partial charge in [0.25, 0.3) is 0 Å². The molecule has 1 heterocycles. The molecule has 0 aromatic heterocycles.